The predicted octanol–water partition coefficient (Wildman–Crippen LogP) is 8.56. The van der Waals surface area contributed by atoms with E-state index in [9.17, 15) is 9.90 Å². The zero-order valence-corrected chi connectivity index (χ0v) is 25.1. The third-order valence-corrected chi connectivity index (χ3v) is 9.65. The van der Waals surface area contributed by atoms with Crippen LogP contribution in [0.5, 0.6) is 5.75 Å². The van der Waals surface area contributed by atoms with Crippen LogP contribution in [0.2, 0.25) is 0 Å². The van der Waals surface area contributed by atoms with Crippen molar-refractivity contribution in [1.29, 1.82) is 0 Å². The maximum absolute atomic E-state index is 11.9. The van der Waals surface area contributed by atoms with Crippen LogP contribution in [0.15, 0.2) is 60.7 Å². The van der Waals surface area contributed by atoms with Crippen molar-refractivity contribution in [3.63, 3.8) is 0 Å². The quantitative estimate of drug-likeness (QED) is 0.247. The zero-order valence-electron chi connectivity index (χ0n) is 24.3. The van der Waals surface area contributed by atoms with E-state index in [1.807, 2.05) is 6.07 Å². The Labute approximate surface area is 254 Å². The first kappa shape index (κ1) is 28.8. The summed E-state index contributed by atoms with van der Waals surface area (Å²) in [6.07, 6.45) is 11.2. The van der Waals surface area contributed by atoms with E-state index in [0.29, 0.717) is 24.6 Å². The van der Waals surface area contributed by atoms with Gasteiger partial charge in [0.2, 0.25) is 0 Å². The SMILES string of the molecule is Cl.O=C(O)c1ccc2c(C3CCCCC3)c3n(c2c1)CCOc1c(-c2ccccc2CCN2CCCCC2)cccc1-3. The van der Waals surface area contributed by atoms with E-state index in [1.54, 1.807) is 6.07 Å². The molecule has 5 nitrogen and oxygen atoms in total. The van der Waals surface area contributed by atoms with Gasteiger partial charge in [0.1, 0.15) is 12.4 Å². The second kappa shape index (κ2) is 12.5. The van der Waals surface area contributed by atoms with Gasteiger partial charge in [-0.2, -0.15) is 0 Å². The molecule has 6 heteroatoms. The summed E-state index contributed by atoms with van der Waals surface area (Å²) in [5, 5.41) is 11.0. The molecule has 0 spiro atoms. The van der Waals surface area contributed by atoms with Gasteiger partial charge in [-0.25, -0.2) is 4.79 Å². The van der Waals surface area contributed by atoms with E-state index in [1.165, 1.54) is 92.2 Å². The molecular weight excluding hydrogens is 544 g/mol. The molecule has 4 aromatic rings. The van der Waals surface area contributed by atoms with Gasteiger partial charge in [0.15, 0.2) is 0 Å². The van der Waals surface area contributed by atoms with Gasteiger partial charge in [0, 0.05) is 28.6 Å². The van der Waals surface area contributed by atoms with Gasteiger partial charge >= 0.3 is 5.97 Å². The average molecular weight is 585 g/mol. The number of piperidine rings is 1. The van der Waals surface area contributed by atoms with Crippen LogP contribution in [-0.4, -0.2) is 46.8 Å². The molecule has 3 aromatic carbocycles. The summed E-state index contributed by atoms with van der Waals surface area (Å²) in [5.74, 6) is 0.565. The number of fused-ring (bicyclic) bond motifs is 5. The van der Waals surface area contributed by atoms with Crippen LogP contribution in [-0.2, 0) is 13.0 Å². The minimum Gasteiger partial charge on any atom is -0.490 e. The van der Waals surface area contributed by atoms with Gasteiger partial charge in [0.25, 0.3) is 0 Å². The second-order valence-electron chi connectivity index (χ2n) is 12.1. The lowest BCUT2D eigenvalue weighted by Gasteiger charge is -2.27. The molecular formula is C36H41ClN2O3. The molecule has 0 radical (unpaired) electrons. The zero-order chi connectivity index (χ0) is 27.8. The van der Waals surface area contributed by atoms with Gasteiger partial charge in [-0.3, -0.25) is 0 Å². The largest absolute Gasteiger partial charge is 0.490 e. The van der Waals surface area contributed by atoms with Gasteiger partial charge in [0.05, 0.1) is 17.8 Å². The van der Waals surface area contributed by atoms with Crippen molar-refractivity contribution in [2.45, 2.75) is 70.3 Å². The van der Waals surface area contributed by atoms with E-state index in [-0.39, 0.29) is 12.4 Å². The summed E-state index contributed by atoms with van der Waals surface area (Å²) in [6.45, 7) is 4.78. The topological polar surface area (TPSA) is 54.7 Å². The van der Waals surface area contributed by atoms with Crippen LogP contribution in [0.1, 0.15) is 78.8 Å². The highest BCUT2D eigenvalue weighted by molar-refractivity contribution is 5.99. The molecule has 2 fully saturated rings. The molecule has 1 saturated carbocycles. The molecule has 2 aliphatic heterocycles. The Morgan fingerprint density at radius 1 is 0.833 bits per heavy atom. The van der Waals surface area contributed by atoms with Crippen molar-refractivity contribution in [2.75, 3.05) is 26.2 Å². The summed E-state index contributed by atoms with van der Waals surface area (Å²) in [4.78, 5) is 14.6. The minimum absolute atomic E-state index is 0. The van der Waals surface area contributed by atoms with Crippen LogP contribution >= 0.6 is 12.4 Å². The smallest absolute Gasteiger partial charge is 0.335 e. The van der Waals surface area contributed by atoms with Gasteiger partial charge in [-0.1, -0.05) is 68.1 Å². The second-order valence-corrected chi connectivity index (χ2v) is 12.1. The molecule has 1 aliphatic carbocycles. The fraction of sp³-hybridized carbons (Fsp3) is 0.417. The summed E-state index contributed by atoms with van der Waals surface area (Å²) in [7, 11) is 0. The Morgan fingerprint density at radius 2 is 1.57 bits per heavy atom. The normalized spacial score (nSPS) is 17.5. The highest BCUT2D eigenvalue weighted by Crippen LogP contribution is 2.49. The molecule has 7 rings (SSSR count). The molecule has 3 aliphatic rings. The maximum Gasteiger partial charge on any atom is 0.335 e. The molecule has 220 valence electrons. The summed E-state index contributed by atoms with van der Waals surface area (Å²) in [6, 6.07) is 21.2. The van der Waals surface area contributed by atoms with Crippen molar-refractivity contribution in [3.05, 3.63) is 77.4 Å². The van der Waals surface area contributed by atoms with E-state index in [0.717, 1.165) is 35.4 Å². The number of aromatic nitrogens is 1. The lowest BCUT2D eigenvalue weighted by Crippen LogP contribution is -2.31. The maximum atomic E-state index is 11.9. The molecule has 3 heterocycles. The fourth-order valence-electron chi connectivity index (χ4n) is 7.63. The average Bonchev–Trinajstić information content (AvgIpc) is 3.21. The number of aromatic carboxylic acids is 1. The number of carbonyl (C=O) groups is 1. The van der Waals surface area contributed by atoms with E-state index in [2.05, 4.69) is 58.0 Å². The molecule has 0 amide bonds. The van der Waals surface area contributed by atoms with Crippen LogP contribution in [0.4, 0.5) is 0 Å². The number of ether oxygens (including phenoxy) is 1. The third kappa shape index (κ3) is 5.33. The lowest BCUT2D eigenvalue weighted by molar-refractivity contribution is 0.0697. The highest BCUT2D eigenvalue weighted by Gasteiger charge is 2.30. The number of para-hydroxylation sites is 1. The Kier molecular flexibility index (Phi) is 8.60. The van der Waals surface area contributed by atoms with Crippen molar-refractivity contribution >= 4 is 29.3 Å². The number of likely N-dealkylation sites (tertiary alicyclic amines) is 1. The third-order valence-electron chi connectivity index (χ3n) is 9.65. The first-order valence-electron chi connectivity index (χ1n) is 15.7. The van der Waals surface area contributed by atoms with Crippen LogP contribution in [0, 0.1) is 0 Å². The number of hydrogen-bond donors (Lipinski definition) is 1. The van der Waals surface area contributed by atoms with Crippen LogP contribution < -0.4 is 4.74 Å². The highest BCUT2D eigenvalue weighted by atomic mass is 35.5. The van der Waals surface area contributed by atoms with E-state index in [4.69, 9.17) is 4.74 Å². The van der Waals surface area contributed by atoms with Crippen LogP contribution in [0.25, 0.3) is 33.3 Å². The van der Waals surface area contributed by atoms with Crippen molar-refractivity contribution < 1.29 is 14.6 Å². The first-order valence-corrected chi connectivity index (χ1v) is 15.7. The number of carboxylic acid groups (broad SMARTS) is 1. The van der Waals surface area contributed by atoms with E-state index >= 15 is 0 Å². The molecule has 42 heavy (non-hydrogen) atoms. The van der Waals surface area contributed by atoms with Crippen molar-refractivity contribution in [1.82, 2.24) is 9.47 Å². The molecule has 0 atom stereocenters. The Morgan fingerprint density at radius 3 is 2.38 bits per heavy atom. The van der Waals surface area contributed by atoms with Crippen LogP contribution in [0.3, 0.4) is 0 Å². The number of nitrogens with zero attached hydrogens (tertiary/aromatic N) is 2. The molecule has 0 bridgehead atoms. The standard InChI is InChI=1S/C36H40N2O3.ClH/c39-36(40)27-16-17-30-32(24-27)38-22-23-41-35-29(14-9-15-31(35)34(38)33(30)26-11-3-1-4-12-26)28-13-6-5-10-25(28)18-21-37-19-7-2-8-20-37;/h5-6,9-10,13-17,24,26H,1-4,7-8,11-12,18-23H2,(H,39,40);1H. The van der Waals surface area contributed by atoms with Crippen molar-refractivity contribution in [2.24, 2.45) is 0 Å². The summed E-state index contributed by atoms with van der Waals surface area (Å²) >= 11 is 0. The lowest BCUT2D eigenvalue weighted by atomic mass is 9.81. The fourth-order valence-corrected chi connectivity index (χ4v) is 7.63. The Bertz CT molecular complexity index is 1580. The van der Waals surface area contributed by atoms with Gasteiger partial charge in [-0.05, 0) is 86.0 Å². The summed E-state index contributed by atoms with van der Waals surface area (Å²) < 4.78 is 9.00. The van der Waals surface area contributed by atoms with E-state index < -0.39 is 5.97 Å². The predicted molar refractivity (Wildman–Crippen MR) is 172 cm³/mol. The Balaban J connectivity index is 0.00000316. The molecule has 0 unspecified atom stereocenters. The van der Waals surface area contributed by atoms with Crippen molar-refractivity contribution in [3.8, 4) is 28.1 Å². The number of hydrogen-bond acceptors (Lipinski definition) is 3. The monoisotopic (exact) mass is 584 g/mol. The number of rotatable bonds is 6. The van der Waals surface area contributed by atoms with Gasteiger partial charge < -0.3 is 19.3 Å². The molecule has 1 N–H and O–H groups in total. The number of halogens is 1. The first-order chi connectivity index (χ1) is 20.2. The van der Waals surface area contributed by atoms with Gasteiger partial charge in [-0.15, -0.1) is 12.4 Å². The molecule has 1 saturated heterocycles. The molecule has 1 aromatic heterocycles. The summed E-state index contributed by atoms with van der Waals surface area (Å²) in [5.41, 5.74) is 8.92. The minimum atomic E-state index is -0.879. The number of benzene rings is 3. The number of carboxylic acids is 1. The Hall–Kier alpha value is -3.28.